The average Bonchev–Trinajstić information content (AvgIpc) is 2.26. The number of carbonyl (C=O) groups is 1. The van der Waals surface area contributed by atoms with Gasteiger partial charge in [0.15, 0.2) is 0 Å². The number of hydrogen-bond acceptors (Lipinski definition) is 3. The first-order valence-electron chi connectivity index (χ1n) is 7.35. The van der Waals surface area contributed by atoms with Crippen LogP contribution in [0.2, 0.25) is 0 Å². The van der Waals surface area contributed by atoms with Crippen molar-refractivity contribution >= 4 is 5.97 Å². The molecular weight excluding hydrogens is 240 g/mol. The van der Waals surface area contributed by atoms with Gasteiger partial charge < -0.3 is 9.47 Å². The first kappa shape index (κ1) is 18.4. The van der Waals surface area contributed by atoms with Crippen LogP contribution in [-0.4, -0.2) is 24.3 Å². The molecule has 114 valence electrons. The summed E-state index contributed by atoms with van der Waals surface area (Å²) < 4.78 is 11.3. The van der Waals surface area contributed by atoms with E-state index in [0.29, 0.717) is 12.5 Å². The Hall–Kier alpha value is -0.570. The summed E-state index contributed by atoms with van der Waals surface area (Å²) in [4.78, 5) is 11.7. The number of carbonyl (C=O) groups excluding carboxylic acids is 1. The predicted octanol–water partition coefficient (Wildman–Crippen LogP) is 4.20. The van der Waals surface area contributed by atoms with E-state index < -0.39 is 5.41 Å². The number of hydrogen-bond donors (Lipinski definition) is 0. The van der Waals surface area contributed by atoms with Crippen molar-refractivity contribution in [3.05, 3.63) is 0 Å². The zero-order chi connectivity index (χ0) is 15.3. The van der Waals surface area contributed by atoms with Gasteiger partial charge in [0.25, 0.3) is 0 Å². The van der Waals surface area contributed by atoms with Gasteiger partial charge in [0.2, 0.25) is 0 Å². The molecule has 0 bridgehead atoms. The third-order valence-electron chi connectivity index (χ3n) is 3.66. The third kappa shape index (κ3) is 6.95. The van der Waals surface area contributed by atoms with E-state index in [-0.39, 0.29) is 17.7 Å². The molecular formula is C16H32O3. The Bertz CT molecular complexity index is 276. The van der Waals surface area contributed by atoms with Gasteiger partial charge in [-0.25, -0.2) is 0 Å². The largest absolute Gasteiger partial charge is 0.465 e. The smallest absolute Gasteiger partial charge is 0.311 e. The van der Waals surface area contributed by atoms with E-state index in [0.717, 1.165) is 12.8 Å². The van der Waals surface area contributed by atoms with Crippen molar-refractivity contribution in [2.24, 2.45) is 11.3 Å². The van der Waals surface area contributed by atoms with Crippen LogP contribution in [0.3, 0.4) is 0 Å². The predicted molar refractivity (Wildman–Crippen MR) is 79.1 cm³/mol. The van der Waals surface area contributed by atoms with Crippen molar-refractivity contribution < 1.29 is 14.3 Å². The fraction of sp³-hybridized carbons (Fsp3) is 0.938. The maximum Gasteiger partial charge on any atom is 0.311 e. The maximum atomic E-state index is 11.7. The minimum absolute atomic E-state index is 0.139. The maximum absolute atomic E-state index is 11.7. The molecule has 0 aromatic rings. The quantitative estimate of drug-likeness (QED) is 0.652. The van der Waals surface area contributed by atoms with Gasteiger partial charge in [-0.1, -0.05) is 13.8 Å². The van der Waals surface area contributed by atoms with Crippen LogP contribution in [-0.2, 0) is 14.3 Å². The van der Waals surface area contributed by atoms with Gasteiger partial charge in [-0.2, -0.15) is 0 Å². The van der Waals surface area contributed by atoms with E-state index in [2.05, 4.69) is 34.6 Å². The van der Waals surface area contributed by atoms with Crippen molar-refractivity contribution in [1.29, 1.82) is 0 Å². The van der Waals surface area contributed by atoms with Gasteiger partial charge >= 0.3 is 5.97 Å². The van der Waals surface area contributed by atoms with Gasteiger partial charge in [-0.05, 0) is 60.3 Å². The van der Waals surface area contributed by atoms with Crippen molar-refractivity contribution in [2.75, 3.05) is 6.61 Å². The summed E-state index contributed by atoms with van der Waals surface area (Å²) in [5.41, 5.74) is -0.616. The van der Waals surface area contributed by atoms with Crippen molar-refractivity contribution in [3.8, 4) is 0 Å². The van der Waals surface area contributed by atoms with Crippen LogP contribution in [0.4, 0.5) is 0 Å². The highest BCUT2D eigenvalue weighted by Gasteiger charge is 2.29. The lowest BCUT2D eigenvalue weighted by atomic mass is 9.89. The first-order valence-corrected chi connectivity index (χ1v) is 7.35. The van der Waals surface area contributed by atoms with Crippen molar-refractivity contribution in [1.82, 2.24) is 0 Å². The molecule has 0 radical (unpaired) electrons. The minimum atomic E-state index is -0.425. The summed E-state index contributed by atoms with van der Waals surface area (Å²) in [5, 5.41) is 0. The van der Waals surface area contributed by atoms with E-state index in [9.17, 15) is 4.79 Å². The summed E-state index contributed by atoms with van der Waals surface area (Å²) in [6.07, 6.45) is 2.09. The Kier molecular flexibility index (Phi) is 7.06. The van der Waals surface area contributed by atoms with Crippen LogP contribution in [0, 0.1) is 11.3 Å². The molecule has 0 aliphatic rings. The molecule has 0 aromatic heterocycles. The van der Waals surface area contributed by atoms with E-state index in [1.54, 1.807) is 0 Å². The highest BCUT2D eigenvalue weighted by Crippen LogP contribution is 2.26. The third-order valence-corrected chi connectivity index (χ3v) is 3.66. The zero-order valence-electron chi connectivity index (χ0n) is 14.0. The molecule has 19 heavy (non-hydrogen) atoms. The van der Waals surface area contributed by atoms with Gasteiger partial charge in [0.05, 0.1) is 23.7 Å². The highest BCUT2D eigenvalue weighted by molar-refractivity contribution is 5.75. The lowest BCUT2D eigenvalue weighted by Gasteiger charge is -2.34. The Labute approximate surface area is 119 Å². The van der Waals surface area contributed by atoms with Crippen LogP contribution in [0.5, 0.6) is 0 Å². The van der Waals surface area contributed by atoms with Gasteiger partial charge in [0, 0.05) is 0 Å². The Morgan fingerprint density at radius 3 is 2.05 bits per heavy atom. The van der Waals surface area contributed by atoms with Crippen LogP contribution < -0.4 is 0 Å². The summed E-state index contributed by atoms with van der Waals surface area (Å²) in [7, 11) is 0. The van der Waals surface area contributed by atoms with Crippen LogP contribution in [0.15, 0.2) is 0 Å². The molecule has 0 saturated carbocycles. The summed E-state index contributed by atoms with van der Waals surface area (Å²) in [5.74, 6) is 0.203. The minimum Gasteiger partial charge on any atom is -0.465 e. The second-order valence-electron chi connectivity index (χ2n) is 7.02. The van der Waals surface area contributed by atoms with Gasteiger partial charge in [-0.3, -0.25) is 4.79 Å². The lowest BCUT2D eigenvalue weighted by Crippen LogP contribution is -2.37. The molecule has 0 heterocycles. The fourth-order valence-electron chi connectivity index (χ4n) is 1.61. The number of rotatable bonds is 7. The number of ether oxygens (including phenoxy) is 2. The van der Waals surface area contributed by atoms with Crippen LogP contribution in [0.25, 0.3) is 0 Å². The van der Waals surface area contributed by atoms with Crippen LogP contribution in [0.1, 0.15) is 68.2 Å². The van der Waals surface area contributed by atoms with Crippen molar-refractivity contribution in [3.63, 3.8) is 0 Å². The summed E-state index contributed by atoms with van der Waals surface area (Å²) >= 11 is 0. The molecule has 3 heteroatoms. The Balaban J connectivity index is 4.17. The molecule has 0 amide bonds. The first-order chi connectivity index (χ1) is 8.50. The summed E-state index contributed by atoms with van der Waals surface area (Å²) in [6.45, 7) is 16.6. The van der Waals surface area contributed by atoms with E-state index in [4.69, 9.17) is 9.47 Å². The molecule has 2 atom stereocenters. The molecule has 0 saturated heterocycles. The fourth-order valence-corrected chi connectivity index (χ4v) is 1.61. The molecule has 0 spiro atoms. The highest BCUT2D eigenvalue weighted by atomic mass is 16.5. The standard InChI is InChI=1S/C16H32O3/c1-9-13(3)19-16(7,8)12(2)10-11-18-14(17)15(4,5)6/h12-13H,9-11H2,1-8H3. The molecule has 3 nitrogen and oxygen atoms in total. The number of esters is 1. The summed E-state index contributed by atoms with van der Waals surface area (Å²) in [6, 6.07) is 0. The van der Waals surface area contributed by atoms with Gasteiger partial charge in [-0.15, -0.1) is 0 Å². The Morgan fingerprint density at radius 2 is 1.63 bits per heavy atom. The molecule has 0 aliphatic heterocycles. The monoisotopic (exact) mass is 272 g/mol. The molecule has 2 unspecified atom stereocenters. The van der Waals surface area contributed by atoms with E-state index >= 15 is 0 Å². The van der Waals surface area contributed by atoms with Gasteiger partial charge in [0.1, 0.15) is 0 Å². The van der Waals surface area contributed by atoms with Crippen LogP contribution >= 0.6 is 0 Å². The zero-order valence-corrected chi connectivity index (χ0v) is 14.0. The molecule has 0 rings (SSSR count). The lowest BCUT2D eigenvalue weighted by molar-refractivity contribution is -0.154. The second kappa shape index (κ2) is 7.28. The van der Waals surface area contributed by atoms with E-state index in [1.165, 1.54) is 0 Å². The molecule has 0 fully saturated rings. The Morgan fingerprint density at radius 1 is 1.11 bits per heavy atom. The van der Waals surface area contributed by atoms with Crippen molar-refractivity contribution in [2.45, 2.75) is 79.9 Å². The molecule has 0 aliphatic carbocycles. The average molecular weight is 272 g/mol. The molecule has 0 N–H and O–H groups in total. The van der Waals surface area contributed by atoms with E-state index in [1.807, 2.05) is 20.8 Å². The second-order valence-corrected chi connectivity index (χ2v) is 7.02. The molecule has 0 aromatic carbocycles. The SMILES string of the molecule is CCC(C)OC(C)(C)C(C)CCOC(=O)C(C)(C)C. The topological polar surface area (TPSA) is 35.5 Å². The normalized spacial score (nSPS) is 16.0.